The van der Waals surface area contributed by atoms with Crippen molar-refractivity contribution in [2.45, 2.75) is 6.92 Å². The molecule has 21 heavy (non-hydrogen) atoms. The van der Waals surface area contributed by atoms with Gasteiger partial charge in [-0.3, -0.25) is 9.59 Å². The second-order valence-electron chi connectivity index (χ2n) is 3.70. The molecule has 2 N–H and O–H groups in total. The minimum atomic E-state index is -0.775. The lowest BCUT2D eigenvalue weighted by Gasteiger charge is -2.07. The zero-order valence-electron chi connectivity index (χ0n) is 12.1. The predicted molar refractivity (Wildman–Crippen MR) is 87.0 cm³/mol. The lowest BCUT2D eigenvalue weighted by molar-refractivity contribution is -0.138. The molecule has 0 aliphatic heterocycles. The molecule has 110 valence electrons. The molecule has 0 heterocycles. The van der Waals surface area contributed by atoms with Crippen molar-refractivity contribution in [3.05, 3.63) is 85.8 Å². The first-order valence-electron chi connectivity index (χ1n) is 6.28. The Bertz CT molecular complexity index is 535. The summed E-state index contributed by atoms with van der Waals surface area (Å²) in [5.41, 5.74) is 0.944. The zero-order chi connectivity index (χ0) is 16.1. The number of rotatable bonds is 7. The predicted octanol–water partition coefficient (Wildman–Crippen LogP) is 2.68. The molecule has 4 nitrogen and oxygen atoms in total. The van der Waals surface area contributed by atoms with E-state index in [1.54, 1.807) is 55.5 Å². The molecule has 0 fully saturated rings. The summed E-state index contributed by atoms with van der Waals surface area (Å²) < 4.78 is 0. The number of nitrogens with one attached hydrogen (secondary N) is 2. The molecule has 0 spiro atoms. The molecular weight excluding hydrogens is 264 g/mol. The van der Waals surface area contributed by atoms with Crippen molar-refractivity contribution in [3.63, 3.8) is 0 Å². The van der Waals surface area contributed by atoms with E-state index in [2.05, 4.69) is 30.4 Å². The van der Waals surface area contributed by atoms with E-state index in [9.17, 15) is 9.59 Å². The van der Waals surface area contributed by atoms with Crippen molar-refractivity contribution in [3.8, 4) is 0 Å². The minimum Gasteiger partial charge on any atom is -0.318 e. The van der Waals surface area contributed by atoms with Gasteiger partial charge in [0.25, 0.3) is 0 Å². The van der Waals surface area contributed by atoms with E-state index in [4.69, 9.17) is 0 Å². The van der Waals surface area contributed by atoms with Crippen LogP contribution in [0.5, 0.6) is 0 Å². The average molecular weight is 284 g/mol. The summed E-state index contributed by atoms with van der Waals surface area (Å²) in [7, 11) is 0. The van der Waals surface area contributed by atoms with E-state index in [0.717, 1.165) is 0 Å². The number of carbonyl (C=O) groups is 2. The molecule has 0 aliphatic carbocycles. The van der Waals surface area contributed by atoms with E-state index in [-0.39, 0.29) is 0 Å². The first-order chi connectivity index (χ1) is 10.1. The molecule has 2 amide bonds. The summed E-state index contributed by atoms with van der Waals surface area (Å²) in [6.45, 7) is 12.3. The maximum Gasteiger partial charge on any atom is 0.314 e. The van der Waals surface area contributed by atoms with Crippen LogP contribution < -0.4 is 10.6 Å². The molecule has 0 bridgehead atoms. The van der Waals surface area contributed by atoms with Gasteiger partial charge in [-0.2, -0.15) is 0 Å². The number of amides is 2. The van der Waals surface area contributed by atoms with Gasteiger partial charge in [-0.25, -0.2) is 0 Å². The summed E-state index contributed by atoms with van der Waals surface area (Å²) in [5.74, 6) is -1.54. The zero-order valence-corrected chi connectivity index (χ0v) is 12.1. The molecule has 0 aromatic carbocycles. The minimum absolute atomic E-state index is 0.439. The number of hydrogen-bond donors (Lipinski definition) is 2. The summed E-state index contributed by atoms with van der Waals surface area (Å²) in [6, 6.07) is 0. The third-order valence-corrected chi connectivity index (χ3v) is 2.15. The van der Waals surface area contributed by atoms with Crippen LogP contribution in [0.15, 0.2) is 85.8 Å². The average Bonchev–Trinajstić information content (AvgIpc) is 2.48. The van der Waals surface area contributed by atoms with Crippen LogP contribution in [0, 0.1) is 0 Å². The Morgan fingerprint density at radius 1 is 0.810 bits per heavy atom. The van der Waals surface area contributed by atoms with Gasteiger partial charge in [-0.1, -0.05) is 56.2 Å². The number of allylic oxidation sites excluding steroid dienone is 9. The van der Waals surface area contributed by atoms with Crippen LogP contribution in [-0.2, 0) is 9.59 Å². The van der Waals surface area contributed by atoms with E-state index < -0.39 is 11.8 Å². The summed E-state index contributed by atoms with van der Waals surface area (Å²) in [4.78, 5) is 23.6. The van der Waals surface area contributed by atoms with E-state index in [1.807, 2.05) is 0 Å². The number of carbonyl (C=O) groups excluding carboxylic acids is 2. The fourth-order valence-electron chi connectivity index (χ4n) is 1.20. The third kappa shape index (κ3) is 8.00. The van der Waals surface area contributed by atoms with Crippen LogP contribution in [0.3, 0.4) is 0 Å². The lowest BCUT2D eigenvalue weighted by atomic mass is 10.3. The first kappa shape index (κ1) is 18.1. The monoisotopic (exact) mass is 284 g/mol. The second-order valence-corrected chi connectivity index (χ2v) is 3.70. The smallest absolute Gasteiger partial charge is 0.314 e. The molecule has 0 aromatic rings. The van der Waals surface area contributed by atoms with Gasteiger partial charge in [0.05, 0.1) is 0 Å². The van der Waals surface area contributed by atoms with Gasteiger partial charge in [0.1, 0.15) is 0 Å². The van der Waals surface area contributed by atoms with E-state index in [1.165, 1.54) is 6.08 Å². The van der Waals surface area contributed by atoms with Crippen LogP contribution in [0.1, 0.15) is 6.92 Å². The van der Waals surface area contributed by atoms with Crippen molar-refractivity contribution >= 4 is 11.8 Å². The molecule has 0 aromatic heterocycles. The summed E-state index contributed by atoms with van der Waals surface area (Å²) in [6.07, 6.45) is 14.4. The van der Waals surface area contributed by atoms with Crippen molar-refractivity contribution in [1.82, 2.24) is 10.6 Å². The van der Waals surface area contributed by atoms with Crippen molar-refractivity contribution < 1.29 is 9.59 Å². The fourth-order valence-corrected chi connectivity index (χ4v) is 1.20. The van der Waals surface area contributed by atoms with E-state index >= 15 is 0 Å². The largest absolute Gasteiger partial charge is 0.318 e. The molecule has 0 aliphatic rings. The Kier molecular flexibility index (Phi) is 9.48. The Morgan fingerprint density at radius 3 is 1.71 bits per heavy atom. The Labute approximate surface area is 125 Å². The van der Waals surface area contributed by atoms with Crippen LogP contribution in [0.25, 0.3) is 0 Å². The third-order valence-electron chi connectivity index (χ3n) is 2.15. The molecule has 0 atom stereocenters. The van der Waals surface area contributed by atoms with Gasteiger partial charge in [0.15, 0.2) is 0 Å². The van der Waals surface area contributed by atoms with Gasteiger partial charge >= 0.3 is 11.8 Å². The molecule has 4 heteroatoms. The Balaban J connectivity index is 4.81. The molecule has 0 radical (unpaired) electrons. The lowest BCUT2D eigenvalue weighted by Crippen LogP contribution is -2.38. The fraction of sp³-hybridized carbons (Fsp3) is 0.0588. The SMILES string of the molecule is C=C/C=C\C(=C/C)NC(=O)C(=O)NC(/C=C\C=C)=C/C=C. The topological polar surface area (TPSA) is 58.2 Å². The molecule has 0 unspecified atom stereocenters. The summed E-state index contributed by atoms with van der Waals surface area (Å²) >= 11 is 0. The van der Waals surface area contributed by atoms with E-state index in [0.29, 0.717) is 11.4 Å². The van der Waals surface area contributed by atoms with Gasteiger partial charge in [-0.15, -0.1) is 0 Å². The standard InChI is InChI=1S/C17H20N2O2/c1-5-9-12-14(8-4)18-16(20)17(21)19-15(11-7-3)13-10-6-2/h5-13H,1-3H2,4H3,(H,18,20)(H,19,21)/b12-9-,13-10-,14-8+,15-11+. The quantitative estimate of drug-likeness (QED) is 0.558. The van der Waals surface area contributed by atoms with Gasteiger partial charge in [-0.05, 0) is 25.2 Å². The first-order valence-corrected chi connectivity index (χ1v) is 6.28. The summed E-state index contributed by atoms with van der Waals surface area (Å²) in [5, 5.41) is 4.95. The van der Waals surface area contributed by atoms with Crippen LogP contribution in [0.4, 0.5) is 0 Å². The molecule has 0 rings (SSSR count). The van der Waals surface area contributed by atoms with Crippen molar-refractivity contribution in [1.29, 1.82) is 0 Å². The van der Waals surface area contributed by atoms with Crippen LogP contribution in [-0.4, -0.2) is 11.8 Å². The molecule has 0 saturated carbocycles. The van der Waals surface area contributed by atoms with Crippen molar-refractivity contribution in [2.75, 3.05) is 0 Å². The molecular formula is C17H20N2O2. The normalized spacial score (nSPS) is 12.2. The maximum atomic E-state index is 11.8. The van der Waals surface area contributed by atoms with Crippen LogP contribution >= 0.6 is 0 Å². The van der Waals surface area contributed by atoms with Gasteiger partial charge in [0, 0.05) is 11.4 Å². The highest BCUT2D eigenvalue weighted by Crippen LogP contribution is 1.95. The highest BCUT2D eigenvalue weighted by Gasteiger charge is 2.14. The number of hydrogen-bond acceptors (Lipinski definition) is 2. The molecule has 0 saturated heterocycles. The van der Waals surface area contributed by atoms with Gasteiger partial charge in [0.2, 0.25) is 0 Å². The maximum absolute atomic E-state index is 11.8. The van der Waals surface area contributed by atoms with Crippen LogP contribution in [0.2, 0.25) is 0 Å². The highest BCUT2D eigenvalue weighted by atomic mass is 16.2. The Morgan fingerprint density at radius 2 is 1.29 bits per heavy atom. The second kappa shape index (κ2) is 11.0. The Hall–Kier alpha value is -2.88. The van der Waals surface area contributed by atoms with Gasteiger partial charge < -0.3 is 10.6 Å². The van der Waals surface area contributed by atoms with Crippen molar-refractivity contribution in [2.24, 2.45) is 0 Å². The highest BCUT2D eigenvalue weighted by molar-refractivity contribution is 6.36.